The monoisotopic (exact) mass is 306 g/mol. The molecule has 1 atom stereocenters. The molecule has 2 aromatic carbocycles. The first-order valence-corrected chi connectivity index (χ1v) is 7.19. The maximum absolute atomic E-state index is 12.3. The van der Waals surface area contributed by atoms with E-state index in [0.717, 1.165) is 11.3 Å². The molecule has 0 radical (unpaired) electrons. The van der Waals surface area contributed by atoms with Crippen molar-refractivity contribution in [1.82, 2.24) is 0 Å². The molecule has 5 heteroatoms. The molecule has 0 saturated carbocycles. The molecule has 0 fully saturated rings. The van der Waals surface area contributed by atoms with Gasteiger partial charge in [0.25, 0.3) is 0 Å². The van der Waals surface area contributed by atoms with Gasteiger partial charge < -0.3 is 10.1 Å². The van der Waals surface area contributed by atoms with E-state index in [1.807, 2.05) is 6.07 Å². The minimum absolute atomic E-state index is 0.0610. The highest BCUT2D eigenvalue weighted by molar-refractivity contribution is 6.04. The molecular weight excluding hydrogens is 292 g/mol. The zero-order valence-corrected chi connectivity index (χ0v) is 12.5. The van der Waals surface area contributed by atoms with Crippen molar-refractivity contribution in [2.24, 2.45) is 0 Å². The Kier molecular flexibility index (Phi) is 3.82. The second-order valence-corrected chi connectivity index (χ2v) is 5.36. The Labute approximate surface area is 133 Å². The smallest absolute Gasteiger partial charge is 0.231 e. The van der Waals surface area contributed by atoms with Gasteiger partial charge in [-0.2, -0.15) is 5.26 Å². The Balaban J connectivity index is 1.72. The van der Waals surface area contributed by atoms with E-state index >= 15 is 0 Å². The molecule has 0 saturated heterocycles. The Morgan fingerprint density at radius 3 is 2.91 bits per heavy atom. The first-order valence-electron chi connectivity index (χ1n) is 7.19. The molecule has 1 amide bonds. The number of nitriles is 1. The van der Waals surface area contributed by atoms with Gasteiger partial charge in [0.1, 0.15) is 5.75 Å². The molecule has 1 heterocycles. The summed E-state index contributed by atoms with van der Waals surface area (Å²) < 4.78 is 5.45. The molecule has 1 N–H and O–H groups in total. The summed E-state index contributed by atoms with van der Waals surface area (Å²) in [5.74, 6) is -0.0226. The Bertz CT molecular complexity index is 836. The fourth-order valence-electron chi connectivity index (χ4n) is 2.48. The average molecular weight is 306 g/mol. The third-order valence-corrected chi connectivity index (χ3v) is 3.82. The predicted octanol–water partition coefficient (Wildman–Crippen LogP) is 2.88. The number of nitrogens with one attached hydrogen (secondary N) is 1. The van der Waals surface area contributed by atoms with Crippen molar-refractivity contribution >= 4 is 17.4 Å². The van der Waals surface area contributed by atoms with Gasteiger partial charge in [0.05, 0.1) is 17.6 Å². The van der Waals surface area contributed by atoms with E-state index in [1.54, 1.807) is 49.4 Å². The molecular formula is C18H14N2O3. The maximum atomic E-state index is 12.3. The van der Waals surface area contributed by atoms with Gasteiger partial charge in [-0.05, 0) is 48.9 Å². The van der Waals surface area contributed by atoms with E-state index in [0.29, 0.717) is 16.9 Å². The van der Waals surface area contributed by atoms with Crippen molar-refractivity contribution in [3.63, 3.8) is 0 Å². The lowest BCUT2D eigenvalue weighted by atomic mass is 9.99. The molecule has 1 aliphatic rings. The van der Waals surface area contributed by atoms with Gasteiger partial charge in [-0.3, -0.25) is 9.59 Å². The van der Waals surface area contributed by atoms with E-state index < -0.39 is 0 Å². The van der Waals surface area contributed by atoms with Crippen molar-refractivity contribution in [3.8, 4) is 11.8 Å². The number of anilines is 1. The number of hydrogen-bond acceptors (Lipinski definition) is 4. The van der Waals surface area contributed by atoms with Crippen LogP contribution >= 0.6 is 0 Å². The van der Waals surface area contributed by atoms with Gasteiger partial charge in [0.2, 0.25) is 5.91 Å². The number of rotatable bonds is 4. The van der Waals surface area contributed by atoms with Crippen LogP contribution in [0.4, 0.5) is 5.69 Å². The van der Waals surface area contributed by atoms with Gasteiger partial charge in [-0.25, -0.2) is 0 Å². The quantitative estimate of drug-likeness (QED) is 0.881. The first kappa shape index (κ1) is 14.8. The standard InChI is InChI=1S/C18H14N2O3/c1-11-15-8-13(5-6-16(15)20-18(11)22)17(21)10-23-14-4-2-3-12(7-14)9-19/h2-8,11H,10H2,1H3,(H,20,22)/t11-/m1/s1. The van der Waals surface area contributed by atoms with E-state index in [1.165, 1.54) is 0 Å². The highest BCUT2D eigenvalue weighted by Gasteiger charge is 2.27. The van der Waals surface area contributed by atoms with Crippen LogP contribution in [-0.4, -0.2) is 18.3 Å². The maximum Gasteiger partial charge on any atom is 0.231 e. The molecule has 23 heavy (non-hydrogen) atoms. The molecule has 1 aliphatic heterocycles. The largest absolute Gasteiger partial charge is 0.485 e. The lowest BCUT2D eigenvalue weighted by Gasteiger charge is -2.08. The number of hydrogen-bond donors (Lipinski definition) is 1. The van der Waals surface area contributed by atoms with E-state index in [-0.39, 0.29) is 24.2 Å². The van der Waals surface area contributed by atoms with Gasteiger partial charge in [-0.1, -0.05) is 6.07 Å². The van der Waals surface area contributed by atoms with Crippen molar-refractivity contribution in [1.29, 1.82) is 5.26 Å². The molecule has 0 bridgehead atoms. The number of Topliss-reactive ketones (excluding diaryl/α,β-unsaturated/α-hetero) is 1. The van der Waals surface area contributed by atoms with Crippen LogP contribution in [0.5, 0.6) is 5.75 Å². The fraction of sp³-hybridized carbons (Fsp3) is 0.167. The van der Waals surface area contributed by atoms with Crippen LogP contribution in [0.1, 0.15) is 34.3 Å². The number of ketones is 1. The lowest BCUT2D eigenvalue weighted by Crippen LogP contribution is -2.12. The SMILES string of the molecule is C[C@H]1C(=O)Nc2ccc(C(=O)COc3cccc(C#N)c3)cc21. The summed E-state index contributed by atoms with van der Waals surface area (Å²) in [7, 11) is 0. The van der Waals surface area contributed by atoms with Crippen LogP contribution in [-0.2, 0) is 4.79 Å². The molecule has 3 rings (SSSR count). The van der Waals surface area contributed by atoms with Crippen molar-refractivity contribution in [2.75, 3.05) is 11.9 Å². The first-order chi connectivity index (χ1) is 11.1. The molecule has 2 aromatic rings. The van der Waals surface area contributed by atoms with E-state index in [4.69, 9.17) is 10.00 Å². The van der Waals surface area contributed by atoms with Crippen LogP contribution in [0.25, 0.3) is 0 Å². The molecule has 0 aliphatic carbocycles. The van der Waals surface area contributed by atoms with E-state index in [9.17, 15) is 9.59 Å². The van der Waals surface area contributed by atoms with Crippen molar-refractivity contribution < 1.29 is 14.3 Å². The normalized spacial score (nSPS) is 15.5. The van der Waals surface area contributed by atoms with Crippen LogP contribution in [0.3, 0.4) is 0 Å². The molecule has 0 unspecified atom stereocenters. The molecule has 0 spiro atoms. The topological polar surface area (TPSA) is 79.2 Å². The van der Waals surface area contributed by atoms with E-state index in [2.05, 4.69) is 5.32 Å². The van der Waals surface area contributed by atoms with Crippen molar-refractivity contribution in [2.45, 2.75) is 12.8 Å². The molecule has 0 aromatic heterocycles. The number of carbonyl (C=O) groups excluding carboxylic acids is 2. The fourth-order valence-corrected chi connectivity index (χ4v) is 2.48. The van der Waals surface area contributed by atoms with Crippen LogP contribution < -0.4 is 10.1 Å². The predicted molar refractivity (Wildman–Crippen MR) is 84.5 cm³/mol. The Morgan fingerprint density at radius 2 is 2.13 bits per heavy atom. The number of ether oxygens (including phenoxy) is 1. The summed E-state index contributed by atoms with van der Waals surface area (Å²) in [6.45, 7) is 1.68. The molecule has 5 nitrogen and oxygen atoms in total. The highest BCUT2D eigenvalue weighted by atomic mass is 16.5. The number of nitrogens with zero attached hydrogens (tertiary/aromatic N) is 1. The third kappa shape index (κ3) is 2.92. The van der Waals surface area contributed by atoms with Crippen LogP contribution in [0.2, 0.25) is 0 Å². The minimum atomic E-state index is -0.258. The summed E-state index contributed by atoms with van der Waals surface area (Å²) in [5, 5.41) is 11.6. The second-order valence-electron chi connectivity index (χ2n) is 5.36. The van der Waals surface area contributed by atoms with Gasteiger partial charge in [-0.15, -0.1) is 0 Å². The Hall–Kier alpha value is -3.13. The zero-order chi connectivity index (χ0) is 16.4. The number of fused-ring (bicyclic) bond motifs is 1. The number of benzene rings is 2. The van der Waals surface area contributed by atoms with Gasteiger partial charge in [0.15, 0.2) is 12.4 Å². The molecule has 114 valence electrons. The Morgan fingerprint density at radius 1 is 1.30 bits per heavy atom. The average Bonchev–Trinajstić information content (AvgIpc) is 2.87. The highest BCUT2D eigenvalue weighted by Crippen LogP contribution is 2.32. The lowest BCUT2D eigenvalue weighted by molar-refractivity contribution is -0.116. The summed E-state index contributed by atoms with van der Waals surface area (Å²) in [6.07, 6.45) is 0. The summed E-state index contributed by atoms with van der Waals surface area (Å²) in [6, 6.07) is 13.8. The minimum Gasteiger partial charge on any atom is -0.485 e. The number of carbonyl (C=O) groups is 2. The zero-order valence-electron chi connectivity index (χ0n) is 12.5. The van der Waals surface area contributed by atoms with Crippen molar-refractivity contribution in [3.05, 3.63) is 59.2 Å². The van der Waals surface area contributed by atoms with Crippen LogP contribution in [0.15, 0.2) is 42.5 Å². The third-order valence-electron chi connectivity index (χ3n) is 3.82. The summed E-state index contributed by atoms with van der Waals surface area (Å²) in [4.78, 5) is 23.9. The summed E-state index contributed by atoms with van der Waals surface area (Å²) >= 11 is 0. The van der Waals surface area contributed by atoms with Gasteiger partial charge in [0, 0.05) is 11.3 Å². The van der Waals surface area contributed by atoms with Crippen LogP contribution in [0, 0.1) is 11.3 Å². The summed E-state index contributed by atoms with van der Waals surface area (Å²) in [5.41, 5.74) is 2.56. The number of amides is 1. The van der Waals surface area contributed by atoms with Gasteiger partial charge >= 0.3 is 0 Å². The second kappa shape index (κ2) is 5.93.